The summed E-state index contributed by atoms with van der Waals surface area (Å²) in [4.78, 5) is 0. The molecule has 9 heavy (non-hydrogen) atoms. The summed E-state index contributed by atoms with van der Waals surface area (Å²) < 4.78 is 5.24. The van der Waals surface area contributed by atoms with E-state index in [2.05, 4.69) is 5.32 Å². The van der Waals surface area contributed by atoms with Crippen LogP contribution in [0.1, 0.15) is 0 Å². The van der Waals surface area contributed by atoms with E-state index in [4.69, 9.17) is 10.5 Å². The molecule has 4 heteroatoms. The monoisotopic (exact) mass is 152 g/mol. The van der Waals surface area contributed by atoms with E-state index in [0.717, 1.165) is 19.7 Å². The Bertz CT molecular complexity index is 66.0. The van der Waals surface area contributed by atoms with E-state index >= 15 is 0 Å². The van der Waals surface area contributed by atoms with E-state index in [0.29, 0.717) is 6.54 Å². The average Bonchev–Trinajstić information content (AvgIpc) is 1.90. The molecule has 0 unspecified atom stereocenters. The van der Waals surface area contributed by atoms with Gasteiger partial charge in [-0.3, -0.25) is 0 Å². The largest absolute Gasteiger partial charge is 0.374 e. The molecule has 1 atom stereocenters. The molecule has 3 nitrogen and oxygen atoms in total. The zero-order chi connectivity index (χ0) is 5.82. The van der Waals surface area contributed by atoms with Crippen molar-refractivity contribution in [2.75, 3.05) is 26.2 Å². The number of hydrogen-bond acceptors (Lipinski definition) is 3. The fraction of sp³-hybridized carbons (Fsp3) is 1.00. The van der Waals surface area contributed by atoms with Gasteiger partial charge in [-0.15, -0.1) is 12.4 Å². The van der Waals surface area contributed by atoms with Crippen LogP contribution < -0.4 is 11.1 Å². The number of nitrogens with two attached hydrogens (primary N) is 1. The highest BCUT2D eigenvalue weighted by molar-refractivity contribution is 5.85. The van der Waals surface area contributed by atoms with Crippen LogP contribution in [-0.2, 0) is 4.74 Å². The maximum absolute atomic E-state index is 5.34. The summed E-state index contributed by atoms with van der Waals surface area (Å²) in [6.07, 6.45) is 0.253. The van der Waals surface area contributed by atoms with E-state index in [9.17, 15) is 0 Å². The van der Waals surface area contributed by atoms with Crippen molar-refractivity contribution in [1.82, 2.24) is 5.32 Å². The van der Waals surface area contributed by atoms with Gasteiger partial charge >= 0.3 is 0 Å². The van der Waals surface area contributed by atoms with Crippen molar-refractivity contribution in [1.29, 1.82) is 0 Å². The highest BCUT2D eigenvalue weighted by Gasteiger charge is 2.09. The Morgan fingerprint density at radius 3 is 2.78 bits per heavy atom. The lowest BCUT2D eigenvalue weighted by atomic mass is 10.3. The van der Waals surface area contributed by atoms with Crippen LogP contribution in [0.25, 0.3) is 0 Å². The highest BCUT2D eigenvalue weighted by Crippen LogP contribution is 1.91. The number of hydrogen-bond donors (Lipinski definition) is 2. The van der Waals surface area contributed by atoms with Gasteiger partial charge in [-0.05, 0) is 0 Å². The molecule has 1 aliphatic heterocycles. The first-order valence-electron chi connectivity index (χ1n) is 2.96. The molecule has 56 valence electrons. The first-order valence-corrected chi connectivity index (χ1v) is 2.96. The van der Waals surface area contributed by atoms with Crippen molar-refractivity contribution in [2.24, 2.45) is 5.73 Å². The fourth-order valence-electron chi connectivity index (χ4n) is 0.771. The average molecular weight is 153 g/mol. The van der Waals surface area contributed by atoms with Crippen molar-refractivity contribution >= 4 is 12.4 Å². The summed E-state index contributed by atoms with van der Waals surface area (Å²) in [5.41, 5.74) is 5.34. The lowest BCUT2D eigenvalue weighted by Gasteiger charge is -2.21. The molecule has 0 radical (unpaired) electrons. The molecule has 1 fully saturated rings. The minimum atomic E-state index is 0. The molecule has 0 saturated carbocycles. The van der Waals surface area contributed by atoms with Crippen LogP contribution in [0, 0.1) is 0 Å². The normalized spacial score (nSPS) is 27.0. The Balaban J connectivity index is 0.000000640. The molecule has 1 heterocycles. The van der Waals surface area contributed by atoms with Crippen LogP contribution in [0.5, 0.6) is 0 Å². The van der Waals surface area contributed by atoms with Gasteiger partial charge in [0.2, 0.25) is 0 Å². The van der Waals surface area contributed by atoms with Crippen molar-refractivity contribution in [2.45, 2.75) is 6.10 Å². The highest BCUT2D eigenvalue weighted by atomic mass is 35.5. The van der Waals surface area contributed by atoms with Crippen LogP contribution in [0.15, 0.2) is 0 Å². The zero-order valence-corrected chi connectivity index (χ0v) is 6.12. The molecular weight excluding hydrogens is 140 g/mol. The maximum atomic E-state index is 5.34. The van der Waals surface area contributed by atoms with E-state index in [1.54, 1.807) is 0 Å². The Morgan fingerprint density at radius 2 is 2.44 bits per heavy atom. The molecule has 0 spiro atoms. The van der Waals surface area contributed by atoms with Gasteiger partial charge in [0, 0.05) is 19.6 Å². The Kier molecular flexibility index (Phi) is 5.09. The lowest BCUT2D eigenvalue weighted by molar-refractivity contribution is 0.0346. The smallest absolute Gasteiger partial charge is 0.0822 e. The Morgan fingerprint density at radius 1 is 1.67 bits per heavy atom. The molecule has 0 amide bonds. The van der Waals surface area contributed by atoms with Gasteiger partial charge in [-0.1, -0.05) is 0 Å². The second kappa shape index (κ2) is 4.99. The number of ether oxygens (including phenoxy) is 1. The summed E-state index contributed by atoms with van der Waals surface area (Å²) >= 11 is 0. The molecule has 0 aromatic heterocycles. The summed E-state index contributed by atoms with van der Waals surface area (Å²) in [5.74, 6) is 0. The minimum Gasteiger partial charge on any atom is -0.374 e. The van der Waals surface area contributed by atoms with Crippen molar-refractivity contribution in [3.05, 3.63) is 0 Å². The first kappa shape index (κ1) is 9.17. The summed E-state index contributed by atoms with van der Waals surface area (Å²) in [5, 5.41) is 3.18. The maximum Gasteiger partial charge on any atom is 0.0822 e. The number of rotatable bonds is 1. The van der Waals surface area contributed by atoms with Gasteiger partial charge in [0.05, 0.1) is 12.7 Å². The van der Waals surface area contributed by atoms with E-state index < -0.39 is 0 Å². The van der Waals surface area contributed by atoms with Crippen LogP contribution in [0.3, 0.4) is 0 Å². The summed E-state index contributed by atoms with van der Waals surface area (Å²) in [6, 6.07) is 0. The molecule has 0 aromatic rings. The summed E-state index contributed by atoms with van der Waals surface area (Å²) in [6.45, 7) is 3.32. The summed E-state index contributed by atoms with van der Waals surface area (Å²) in [7, 11) is 0. The minimum absolute atomic E-state index is 0. The third-order valence-corrected chi connectivity index (χ3v) is 1.27. The molecule has 1 rings (SSSR count). The second-order valence-electron chi connectivity index (χ2n) is 1.93. The van der Waals surface area contributed by atoms with Gasteiger partial charge in [0.25, 0.3) is 0 Å². The SMILES string of the molecule is Cl.NC[C@H]1CNCCO1. The molecule has 1 aliphatic rings. The number of halogens is 1. The van der Waals surface area contributed by atoms with Crippen LogP contribution in [-0.4, -0.2) is 32.3 Å². The third-order valence-electron chi connectivity index (χ3n) is 1.27. The molecule has 1 saturated heterocycles. The van der Waals surface area contributed by atoms with E-state index in [1.165, 1.54) is 0 Å². The number of morpholine rings is 1. The van der Waals surface area contributed by atoms with E-state index in [-0.39, 0.29) is 18.5 Å². The van der Waals surface area contributed by atoms with E-state index in [1.807, 2.05) is 0 Å². The quantitative estimate of drug-likeness (QED) is 0.525. The third kappa shape index (κ3) is 3.01. The topological polar surface area (TPSA) is 47.3 Å². The fourth-order valence-corrected chi connectivity index (χ4v) is 0.771. The molecule has 3 N–H and O–H groups in total. The van der Waals surface area contributed by atoms with Gasteiger partial charge in [-0.25, -0.2) is 0 Å². The molecule has 0 bridgehead atoms. The van der Waals surface area contributed by atoms with Crippen molar-refractivity contribution in [3.63, 3.8) is 0 Å². The van der Waals surface area contributed by atoms with Gasteiger partial charge < -0.3 is 15.8 Å². The standard InChI is InChI=1S/C5H12N2O.ClH/c6-3-5-4-7-1-2-8-5;/h5,7H,1-4,6H2;1H/t5-;/m0./s1. The van der Waals surface area contributed by atoms with Crippen molar-refractivity contribution in [3.8, 4) is 0 Å². The Hall–Kier alpha value is 0.170. The van der Waals surface area contributed by atoms with Crippen LogP contribution >= 0.6 is 12.4 Å². The Labute approximate surface area is 61.3 Å². The second-order valence-corrected chi connectivity index (χ2v) is 1.93. The predicted molar refractivity (Wildman–Crippen MR) is 38.9 cm³/mol. The van der Waals surface area contributed by atoms with Gasteiger partial charge in [0.1, 0.15) is 0 Å². The molecule has 0 aliphatic carbocycles. The van der Waals surface area contributed by atoms with Crippen molar-refractivity contribution < 1.29 is 4.74 Å². The van der Waals surface area contributed by atoms with Gasteiger partial charge in [-0.2, -0.15) is 0 Å². The predicted octanol–water partition coefficient (Wildman–Crippen LogP) is -0.645. The van der Waals surface area contributed by atoms with Crippen LogP contribution in [0.4, 0.5) is 0 Å². The molecular formula is C5H13ClN2O. The van der Waals surface area contributed by atoms with Gasteiger partial charge in [0.15, 0.2) is 0 Å². The zero-order valence-electron chi connectivity index (χ0n) is 5.30. The number of nitrogens with one attached hydrogen (secondary N) is 1. The molecule has 0 aromatic carbocycles. The van der Waals surface area contributed by atoms with Crippen LogP contribution in [0.2, 0.25) is 0 Å². The lowest BCUT2D eigenvalue weighted by Crippen LogP contribution is -2.42. The first-order chi connectivity index (χ1) is 3.93.